The highest BCUT2D eigenvalue weighted by Crippen LogP contribution is 2.24. The van der Waals surface area contributed by atoms with Gasteiger partial charge in [0.1, 0.15) is 0 Å². The predicted molar refractivity (Wildman–Crippen MR) is 73.3 cm³/mol. The van der Waals surface area contributed by atoms with Crippen LogP contribution in [-0.4, -0.2) is 30.0 Å². The number of rotatable bonds is 4. The molecule has 1 atom stereocenters. The van der Waals surface area contributed by atoms with E-state index in [1.54, 1.807) is 24.3 Å². The summed E-state index contributed by atoms with van der Waals surface area (Å²) in [5, 5.41) is 0. The lowest BCUT2D eigenvalue weighted by atomic mass is 10.1. The molecule has 106 valence electrons. The molecule has 1 aliphatic rings. The van der Waals surface area contributed by atoms with Gasteiger partial charge in [0.05, 0.1) is 6.61 Å². The predicted octanol–water partition coefficient (Wildman–Crippen LogP) is 1.95. The van der Waals surface area contributed by atoms with E-state index >= 15 is 0 Å². The van der Waals surface area contributed by atoms with Gasteiger partial charge in [-0.05, 0) is 25.0 Å². The van der Waals surface area contributed by atoms with E-state index in [-0.39, 0.29) is 18.4 Å². The Hall–Kier alpha value is -2.17. The third-order valence-corrected chi connectivity index (χ3v) is 2.88. The van der Waals surface area contributed by atoms with Gasteiger partial charge in [-0.2, -0.15) is 0 Å². The van der Waals surface area contributed by atoms with Gasteiger partial charge in [-0.15, -0.1) is 0 Å². The first-order valence-electron chi connectivity index (χ1n) is 6.48. The van der Waals surface area contributed by atoms with Crippen molar-refractivity contribution in [3.05, 3.63) is 35.9 Å². The van der Waals surface area contributed by atoms with E-state index < -0.39 is 17.5 Å². The maximum absolute atomic E-state index is 12.0. The van der Waals surface area contributed by atoms with Crippen molar-refractivity contribution in [3.8, 4) is 0 Å². The molecule has 1 unspecified atom stereocenters. The van der Waals surface area contributed by atoms with Crippen molar-refractivity contribution in [1.82, 2.24) is 0 Å². The van der Waals surface area contributed by atoms with E-state index in [1.165, 1.54) is 6.92 Å². The lowest BCUT2D eigenvalue weighted by molar-refractivity contribution is -0.157. The van der Waals surface area contributed by atoms with Crippen LogP contribution in [0, 0.1) is 5.92 Å². The van der Waals surface area contributed by atoms with Gasteiger partial charge < -0.3 is 9.47 Å². The smallest absolute Gasteiger partial charge is 0.352 e. The van der Waals surface area contributed by atoms with Crippen LogP contribution in [0.3, 0.4) is 0 Å². The monoisotopic (exact) mass is 275 g/mol. The van der Waals surface area contributed by atoms with E-state index in [4.69, 9.17) is 9.47 Å². The van der Waals surface area contributed by atoms with Crippen LogP contribution in [0.15, 0.2) is 35.3 Å². The van der Waals surface area contributed by atoms with Gasteiger partial charge in [-0.25, -0.2) is 14.6 Å². The van der Waals surface area contributed by atoms with Crippen molar-refractivity contribution in [2.24, 2.45) is 10.9 Å². The van der Waals surface area contributed by atoms with Crippen LogP contribution in [-0.2, 0) is 19.1 Å². The number of carbonyl (C=O) groups is 2. The van der Waals surface area contributed by atoms with Crippen molar-refractivity contribution in [1.29, 1.82) is 0 Å². The Labute approximate surface area is 117 Å². The molecule has 1 aromatic carbocycles. The summed E-state index contributed by atoms with van der Waals surface area (Å²) in [4.78, 5) is 28.1. The summed E-state index contributed by atoms with van der Waals surface area (Å²) in [6.45, 7) is 5.49. The number of ether oxygens (including phenoxy) is 2. The molecule has 5 heteroatoms. The molecule has 20 heavy (non-hydrogen) atoms. The minimum Gasteiger partial charge on any atom is -0.463 e. The molecule has 0 fully saturated rings. The molecule has 1 aliphatic heterocycles. The van der Waals surface area contributed by atoms with E-state index in [2.05, 4.69) is 4.99 Å². The molecule has 5 nitrogen and oxygen atoms in total. The maximum atomic E-state index is 12.0. The van der Waals surface area contributed by atoms with E-state index in [9.17, 15) is 9.59 Å². The highest BCUT2D eigenvalue weighted by Gasteiger charge is 2.50. The van der Waals surface area contributed by atoms with Gasteiger partial charge in [0, 0.05) is 5.56 Å². The molecule has 0 spiro atoms. The second-order valence-corrected chi connectivity index (χ2v) is 5.24. The fourth-order valence-corrected chi connectivity index (χ4v) is 1.67. The fourth-order valence-electron chi connectivity index (χ4n) is 1.67. The van der Waals surface area contributed by atoms with Crippen LogP contribution in [0.2, 0.25) is 0 Å². The Morgan fingerprint density at radius 1 is 1.35 bits per heavy atom. The molecule has 1 aromatic rings. The molecular weight excluding hydrogens is 258 g/mol. The van der Waals surface area contributed by atoms with Gasteiger partial charge in [0.2, 0.25) is 5.90 Å². The van der Waals surface area contributed by atoms with Crippen LogP contribution < -0.4 is 0 Å². The van der Waals surface area contributed by atoms with Gasteiger partial charge >= 0.3 is 11.9 Å². The molecule has 0 aliphatic carbocycles. The normalized spacial score (nSPS) is 21.6. The molecule has 0 saturated heterocycles. The first-order chi connectivity index (χ1) is 9.43. The Kier molecular flexibility index (Phi) is 3.88. The summed E-state index contributed by atoms with van der Waals surface area (Å²) in [5.74, 6) is -1.04. The molecule has 0 radical (unpaired) electrons. The molecule has 0 N–H and O–H groups in total. The number of nitrogens with zero attached hydrogens (tertiary/aromatic N) is 1. The molecule has 0 aromatic heterocycles. The summed E-state index contributed by atoms with van der Waals surface area (Å²) in [5.41, 5.74) is -0.957. The quantitative estimate of drug-likeness (QED) is 0.622. The summed E-state index contributed by atoms with van der Waals surface area (Å²) in [6.07, 6.45) is 0. The van der Waals surface area contributed by atoms with Gasteiger partial charge in [0.15, 0.2) is 0 Å². The van der Waals surface area contributed by atoms with Gasteiger partial charge in [-0.3, -0.25) is 0 Å². The zero-order valence-corrected chi connectivity index (χ0v) is 11.8. The number of cyclic esters (lactones) is 1. The van der Waals surface area contributed by atoms with Crippen molar-refractivity contribution in [3.63, 3.8) is 0 Å². The third-order valence-electron chi connectivity index (χ3n) is 2.88. The minimum atomic E-state index is -1.61. The number of aliphatic imine (C=N–C) groups is 1. The van der Waals surface area contributed by atoms with Crippen LogP contribution in [0.5, 0.6) is 0 Å². The van der Waals surface area contributed by atoms with E-state index in [1.807, 2.05) is 19.9 Å². The van der Waals surface area contributed by atoms with E-state index in [0.717, 1.165) is 0 Å². The third kappa shape index (κ3) is 2.71. The molecule has 2 rings (SSSR count). The molecule has 0 saturated carbocycles. The highest BCUT2D eigenvalue weighted by atomic mass is 16.6. The Bertz CT molecular complexity index is 550. The minimum absolute atomic E-state index is 0.152. The average molecular weight is 275 g/mol. The lowest BCUT2D eigenvalue weighted by Crippen LogP contribution is -2.41. The van der Waals surface area contributed by atoms with Crippen LogP contribution in [0.25, 0.3) is 0 Å². The van der Waals surface area contributed by atoms with Crippen LogP contribution in [0.1, 0.15) is 26.3 Å². The fraction of sp³-hybridized carbons (Fsp3) is 0.400. The summed E-state index contributed by atoms with van der Waals surface area (Å²) >= 11 is 0. The van der Waals surface area contributed by atoms with Crippen molar-refractivity contribution >= 4 is 17.8 Å². The number of carbonyl (C=O) groups excluding carboxylic acids is 2. The molecular formula is C15H17NO4. The summed E-state index contributed by atoms with van der Waals surface area (Å²) in [6, 6.07) is 8.97. The summed E-state index contributed by atoms with van der Waals surface area (Å²) < 4.78 is 10.2. The Morgan fingerprint density at radius 3 is 2.60 bits per heavy atom. The Balaban J connectivity index is 2.21. The zero-order valence-electron chi connectivity index (χ0n) is 11.8. The number of hydrogen-bond donors (Lipinski definition) is 0. The Morgan fingerprint density at radius 2 is 2.00 bits per heavy atom. The molecule has 0 amide bonds. The van der Waals surface area contributed by atoms with Gasteiger partial charge in [-0.1, -0.05) is 32.0 Å². The number of benzene rings is 1. The van der Waals surface area contributed by atoms with Crippen LogP contribution in [0.4, 0.5) is 0 Å². The topological polar surface area (TPSA) is 65.0 Å². The maximum Gasteiger partial charge on any atom is 0.352 e. The first kappa shape index (κ1) is 14.2. The second kappa shape index (κ2) is 5.45. The van der Waals surface area contributed by atoms with Gasteiger partial charge in [0.25, 0.3) is 5.54 Å². The highest BCUT2D eigenvalue weighted by molar-refractivity contribution is 6.16. The summed E-state index contributed by atoms with van der Waals surface area (Å²) in [7, 11) is 0. The standard InChI is InChI=1S/C15H17NO4/c1-10(2)9-19-13(17)15(3)14(18)20-12(16-15)11-7-5-4-6-8-11/h4-8,10H,9H2,1-3H3. The average Bonchev–Trinajstić information content (AvgIpc) is 2.74. The number of esters is 2. The van der Waals surface area contributed by atoms with Crippen molar-refractivity contribution in [2.75, 3.05) is 6.61 Å². The van der Waals surface area contributed by atoms with Crippen molar-refractivity contribution < 1.29 is 19.1 Å². The van der Waals surface area contributed by atoms with Crippen molar-refractivity contribution in [2.45, 2.75) is 26.3 Å². The van der Waals surface area contributed by atoms with Crippen LogP contribution >= 0.6 is 0 Å². The van der Waals surface area contributed by atoms with E-state index in [0.29, 0.717) is 5.56 Å². The molecule has 1 heterocycles. The largest absolute Gasteiger partial charge is 0.463 e. The first-order valence-corrected chi connectivity index (χ1v) is 6.48. The SMILES string of the molecule is CC(C)COC(=O)C1(C)N=C(c2ccccc2)OC1=O. The second-order valence-electron chi connectivity index (χ2n) is 5.24. The number of hydrogen-bond acceptors (Lipinski definition) is 5. The molecule has 0 bridgehead atoms. The lowest BCUT2D eigenvalue weighted by Gasteiger charge is -2.15. The zero-order chi connectivity index (χ0) is 14.8.